The number of rotatable bonds is 3. The van der Waals surface area contributed by atoms with E-state index in [2.05, 4.69) is 24.4 Å². The van der Waals surface area contributed by atoms with E-state index < -0.39 is 0 Å². The average Bonchev–Trinajstić information content (AvgIpc) is 2.72. The van der Waals surface area contributed by atoms with Gasteiger partial charge in [-0.15, -0.1) is 0 Å². The van der Waals surface area contributed by atoms with Crippen LogP contribution in [0.25, 0.3) is 0 Å². The molecule has 1 aromatic carbocycles. The minimum absolute atomic E-state index is 0.658. The van der Waals surface area contributed by atoms with Crippen molar-refractivity contribution in [2.75, 3.05) is 0 Å². The van der Waals surface area contributed by atoms with Gasteiger partial charge in [-0.25, -0.2) is 0 Å². The zero-order chi connectivity index (χ0) is 11.4. The highest BCUT2D eigenvalue weighted by molar-refractivity contribution is 5.32. The van der Waals surface area contributed by atoms with Crippen LogP contribution in [0.3, 0.4) is 0 Å². The third-order valence-corrected chi connectivity index (χ3v) is 3.49. The predicted octanol–water partition coefficient (Wildman–Crippen LogP) is 2.84. The molecule has 2 nitrogen and oxygen atoms in total. The van der Waals surface area contributed by atoms with Crippen molar-refractivity contribution in [3.05, 3.63) is 35.4 Å². The highest BCUT2D eigenvalue weighted by atomic mass is 14.9. The van der Waals surface area contributed by atoms with Crippen LogP contribution in [-0.4, -0.2) is 6.04 Å². The number of nitriles is 1. The lowest BCUT2D eigenvalue weighted by Crippen LogP contribution is -2.30. The molecule has 2 rings (SSSR count). The lowest BCUT2D eigenvalue weighted by atomic mass is 10.1. The summed E-state index contributed by atoms with van der Waals surface area (Å²) in [4.78, 5) is 0. The molecule has 2 atom stereocenters. The van der Waals surface area contributed by atoms with Crippen LogP contribution in [0.2, 0.25) is 0 Å². The lowest BCUT2D eigenvalue weighted by molar-refractivity contribution is 0.426. The Morgan fingerprint density at radius 1 is 1.44 bits per heavy atom. The molecule has 1 aliphatic carbocycles. The zero-order valence-corrected chi connectivity index (χ0v) is 9.74. The highest BCUT2D eigenvalue weighted by Crippen LogP contribution is 2.25. The molecular weight excluding hydrogens is 196 g/mol. The average molecular weight is 214 g/mol. The van der Waals surface area contributed by atoms with E-state index in [1.807, 2.05) is 18.2 Å². The van der Waals surface area contributed by atoms with Crippen LogP contribution in [0.15, 0.2) is 24.3 Å². The first-order valence-electron chi connectivity index (χ1n) is 6.02. The van der Waals surface area contributed by atoms with Gasteiger partial charge in [-0.2, -0.15) is 5.26 Å². The van der Waals surface area contributed by atoms with Crippen LogP contribution in [0.4, 0.5) is 0 Å². The Bertz CT molecular complexity index is 392. The standard InChI is InChI=1S/C14H18N2/c1-11-4-2-7-14(11)16-10-13-6-3-5-12(8-13)9-15/h3,5-6,8,11,14,16H,2,4,7,10H2,1H3. The monoisotopic (exact) mass is 214 g/mol. The number of hydrogen-bond acceptors (Lipinski definition) is 2. The molecule has 1 aliphatic rings. The molecule has 2 heteroatoms. The summed E-state index contributed by atoms with van der Waals surface area (Å²) in [5.74, 6) is 0.791. The number of benzene rings is 1. The Morgan fingerprint density at radius 3 is 3.00 bits per heavy atom. The smallest absolute Gasteiger partial charge is 0.0991 e. The van der Waals surface area contributed by atoms with E-state index in [0.717, 1.165) is 18.0 Å². The Morgan fingerprint density at radius 2 is 2.31 bits per heavy atom. The van der Waals surface area contributed by atoms with E-state index in [1.54, 1.807) is 0 Å². The van der Waals surface area contributed by atoms with Crippen LogP contribution in [0, 0.1) is 17.2 Å². The van der Waals surface area contributed by atoms with Crippen molar-refractivity contribution in [3.8, 4) is 6.07 Å². The van der Waals surface area contributed by atoms with Crippen molar-refractivity contribution in [2.45, 2.75) is 38.8 Å². The van der Waals surface area contributed by atoms with Gasteiger partial charge in [-0.3, -0.25) is 0 Å². The van der Waals surface area contributed by atoms with Crippen molar-refractivity contribution >= 4 is 0 Å². The van der Waals surface area contributed by atoms with E-state index in [4.69, 9.17) is 5.26 Å². The third kappa shape index (κ3) is 2.62. The second-order valence-corrected chi connectivity index (χ2v) is 4.71. The lowest BCUT2D eigenvalue weighted by Gasteiger charge is -2.17. The molecule has 0 spiro atoms. The molecule has 0 heterocycles. The Hall–Kier alpha value is -1.33. The molecule has 2 unspecified atom stereocenters. The SMILES string of the molecule is CC1CCCC1NCc1cccc(C#N)c1. The molecule has 0 radical (unpaired) electrons. The van der Waals surface area contributed by atoms with Crippen LogP contribution >= 0.6 is 0 Å². The molecule has 1 fully saturated rings. The maximum absolute atomic E-state index is 8.81. The summed E-state index contributed by atoms with van der Waals surface area (Å²) in [5.41, 5.74) is 1.96. The first-order chi connectivity index (χ1) is 7.79. The summed E-state index contributed by atoms with van der Waals surface area (Å²) in [6, 6.07) is 10.7. The fraction of sp³-hybridized carbons (Fsp3) is 0.500. The summed E-state index contributed by atoms with van der Waals surface area (Å²) in [5, 5.41) is 12.4. The van der Waals surface area contributed by atoms with E-state index >= 15 is 0 Å². The van der Waals surface area contributed by atoms with Gasteiger partial charge >= 0.3 is 0 Å². The quantitative estimate of drug-likeness (QED) is 0.839. The van der Waals surface area contributed by atoms with Gasteiger partial charge in [-0.1, -0.05) is 25.5 Å². The van der Waals surface area contributed by atoms with Crippen molar-refractivity contribution in [1.82, 2.24) is 5.32 Å². The molecule has 16 heavy (non-hydrogen) atoms. The number of nitrogens with zero attached hydrogens (tertiary/aromatic N) is 1. The van der Waals surface area contributed by atoms with E-state index in [9.17, 15) is 0 Å². The van der Waals surface area contributed by atoms with Crippen molar-refractivity contribution < 1.29 is 0 Å². The number of hydrogen-bond donors (Lipinski definition) is 1. The Labute approximate surface area is 97.3 Å². The van der Waals surface area contributed by atoms with Crippen molar-refractivity contribution in [3.63, 3.8) is 0 Å². The molecular formula is C14H18N2. The Balaban J connectivity index is 1.92. The van der Waals surface area contributed by atoms with Gasteiger partial charge in [0.1, 0.15) is 0 Å². The largest absolute Gasteiger partial charge is 0.310 e. The van der Waals surface area contributed by atoms with E-state index in [-0.39, 0.29) is 0 Å². The molecule has 1 aromatic rings. The summed E-state index contributed by atoms with van der Waals surface area (Å²) >= 11 is 0. The molecule has 84 valence electrons. The molecule has 0 aromatic heterocycles. The molecule has 0 amide bonds. The second-order valence-electron chi connectivity index (χ2n) is 4.71. The minimum atomic E-state index is 0.658. The fourth-order valence-corrected chi connectivity index (χ4v) is 2.45. The molecule has 1 N–H and O–H groups in total. The van der Waals surface area contributed by atoms with E-state index in [0.29, 0.717) is 6.04 Å². The second kappa shape index (κ2) is 5.14. The summed E-state index contributed by atoms with van der Waals surface area (Å²) in [6.45, 7) is 3.20. The maximum Gasteiger partial charge on any atom is 0.0991 e. The minimum Gasteiger partial charge on any atom is -0.310 e. The van der Waals surface area contributed by atoms with Gasteiger partial charge in [0, 0.05) is 12.6 Å². The topological polar surface area (TPSA) is 35.8 Å². The predicted molar refractivity (Wildman–Crippen MR) is 64.8 cm³/mol. The van der Waals surface area contributed by atoms with Gasteiger partial charge in [-0.05, 0) is 36.5 Å². The van der Waals surface area contributed by atoms with E-state index in [1.165, 1.54) is 24.8 Å². The van der Waals surface area contributed by atoms with Gasteiger partial charge in [0.15, 0.2) is 0 Å². The normalized spacial score (nSPS) is 24.2. The van der Waals surface area contributed by atoms with Gasteiger partial charge in [0.05, 0.1) is 11.6 Å². The summed E-state index contributed by atoms with van der Waals surface area (Å²) < 4.78 is 0. The van der Waals surface area contributed by atoms with Crippen molar-refractivity contribution in [1.29, 1.82) is 5.26 Å². The van der Waals surface area contributed by atoms with Gasteiger partial charge in [0.25, 0.3) is 0 Å². The zero-order valence-electron chi connectivity index (χ0n) is 9.74. The van der Waals surface area contributed by atoms with Gasteiger partial charge in [0.2, 0.25) is 0 Å². The first kappa shape index (κ1) is 11.2. The van der Waals surface area contributed by atoms with Gasteiger partial charge < -0.3 is 5.32 Å². The molecule has 0 aliphatic heterocycles. The summed E-state index contributed by atoms with van der Waals surface area (Å²) in [7, 11) is 0. The third-order valence-electron chi connectivity index (χ3n) is 3.49. The maximum atomic E-state index is 8.81. The number of nitrogens with one attached hydrogen (secondary N) is 1. The van der Waals surface area contributed by atoms with Crippen LogP contribution in [0.1, 0.15) is 37.3 Å². The highest BCUT2D eigenvalue weighted by Gasteiger charge is 2.22. The van der Waals surface area contributed by atoms with Crippen molar-refractivity contribution in [2.24, 2.45) is 5.92 Å². The van der Waals surface area contributed by atoms with Crippen LogP contribution in [-0.2, 0) is 6.54 Å². The van der Waals surface area contributed by atoms with Crippen LogP contribution in [0.5, 0.6) is 0 Å². The Kier molecular flexibility index (Phi) is 3.58. The molecule has 1 saturated carbocycles. The molecule has 0 bridgehead atoms. The first-order valence-corrected chi connectivity index (χ1v) is 6.02. The fourth-order valence-electron chi connectivity index (χ4n) is 2.45. The summed E-state index contributed by atoms with van der Waals surface area (Å²) in [6.07, 6.45) is 3.98. The molecule has 0 saturated heterocycles. The van der Waals surface area contributed by atoms with Crippen LogP contribution < -0.4 is 5.32 Å².